The molecule has 0 radical (unpaired) electrons. The predicted octanol–water partition coefficient (Wildman–Crippen LogP) is 5.34. The number of ether oxygens (including phenoxy) is 2. The second kappa shape index (κ2) is 9.52. The van der Waals surface area contributed by atoms with Crippen LogP contribution in [0.5, 0.6) is 5.75 Å². The molecule has 1 fully saturated rings. The van der Waals surface area contributed by atoms with Gasteiger partial charge in [-0.05, 0) is 58.2 Å². The number of hydrogen-bond acceptors (Lipinski definition) is 4. The van der Waals surface area contributed by atoms with Gasteiger partial charge in [0.05, 0.1) is 13.2 Å². The molecule has 0 aliphatic carbocycles. The Morgan fingerprint density at radius 2 is 1.77 bits per heavy atom. The number of likely N-dealkylation sites (tertiary alicyclic amines) is 1. The maximum absolute atomic E-state index is 12.6. The molecule has 1 aliphatic heterocycles. The number of alkyl carbamates (subject to hydrolysis) is 1. The quantitative estimate of drug-likeness (QED) is 0.698. The van der Waals surface area contributed by atoms with Crippen molar-refractivity contribution in [1.29, 1.82) is 0 Å². The fourth-order valence-electron chi connectivity index (χ4n) is 4.19. The van der Waals surface area contributed by atoms with Crippen molar-refractivity contribution in [1.82, 2.24) is 10.2 Å². The van der Waals surface area contributed by atoms with Gasteiger partial charge in [0.15, 0.2) is 0 Å². The first-order valence-corrected chi connectivity index (χ1v) is 10.7. The summed E-state index contributed by atoms with van der Waals surface area (Å²) in [6, 6.07) is 18.6. The largest absolute Gasteiger partial charge is 0.496 e. The number of methoxy groups -OCH3 is 1. The first kappa shape index (κ1) is 22.2. The van der Waals surface area contributed by atoms with E-state index in [0.717, 1.165) is 30.8 Å². The van der Waals surface area contributed by atoms with Gasteiger partial charge in [-0.25, -0.2) is 4.79 Å². The van der Waals surface area contributed by atoms with Crippen molar-refractivity contribution in [3.8, 4) is 5.75 Å². The van der Waals surface area contributed by atoms with Gasteiger partial charge >= 0.3 is 6.09 Å². The van der Waals surface area contributed by atoms with E-state index >= 15 is 0 Å². The average molecular weight is 411 g/mol. The Labute approximate surface area is 180 Å². The number of rotatable bonds is 6. The van der Waals surface area contributed by atoms with Gasteiger partial charge < -0.3 is 14.8 Å². The fraction of sp³-hybridized carbons (Fsp3) is 0.480. The molecule has 1 N–H and O–H groups in total. The number of carbonyl (C=O) groups is 1. The van der Waals surface area contributed by atoms with Gasteiger partial charge in [-0.3, -0.25) is 4.90 Å². The Hall–Kier alpha value is -2.53. The summed E-state index contributed by atoms with van der Waals surface area (Å²) < 4.78 is 11.2. The van der Waals surface area contributed by atoms with Crippen LogP contribution >= 0.6 is 0 Å². The molecule has 5 heteroatoms. The Kier molecular flexibility index (Phi) is 7.03. The highest BCUT2D eigenvalue weighted by atomic mass is 16.6. The van der Waals surface area contributed by atoms with Crippen molar-refractivity contribution in [2.75, 3.05) is 20.2 Å². The standard InChI is InChI=1S/C25H34N2O3/c1-18(19-11-7-6-8-12-19)27-16-15-20(17-27)23(26-24(28)30-25(2,3)4)21-13-9-10-14-22(21)29-5/h6-14,18,20,23H,15-17H2,1-5H3,(H,26,28)/t18-,20-,23?/m1/s1. The third kappa shape index (κ3) is 5.54. The van der Waals surface area contributed by atoms with E-state index in [1.54, 1.807) is 7.11 Å². The molecular formula is C25H34N2O3. The highest BCUT2D eigenvalue weighted by molar-refractivity contribution is 5.68. The third-order valence-corrected chi connectivity index (χ3v) is 5.70. The lowest BCUT2D eigenvalue weighted by molar-refractivity contribution is 0.0484. The fourth-order valence-corrected chi connectivity index (χ4v) is 4.19. The SMILES string of the molecule is COc1ccccc1C(NC(=O)OC(C)(C)C)[C@@H]1CCN([C@H](C)c2ccccc2)C1. The minimum Gasteiger partial charge on any atom is -0.496 e. The normalized spacial score (nSPS) is 19.2. The monoisotopic (exact) mass is 410 g/mol. The van der Waals surface area contributed by atoms with Gasteiger partial charge in [-0.1, -0.05) is 48.5 Å². The van der Waals surface area contributed by atoms with Crippen LogP contribution in [0.15, 0.2) is 54.6 Å². The molecule has 0 spiro atoms. The van der Waals surface area contributed by atoms with Crippen LogP contribution in [0.2, 0.25) is 0 Å². The van der Waals surface area contributed by atoms with Crippen LogP contribution in [0.4, 0.5) is 4.79 Å². The van der Waals surface area contributed by atoms with Crippen LogP contribution in [-0.2, 0) is 4.74 Å². The zero-order chi connectivity index (χ0) is 21.7. The molecule has 162 valence electrons. The van der Waals surface area contributed by atoms with Gasteiger partial charge in [-0.15, -0.1) is 0 Å². The molecular weight excluding hydrogens is 376 g/mol. The number of benzene rings is 2. The van der Waals surface area contributed by atoms with E-state index in [2.05, 4.69) is 41.4 Å². The minimum absolute atomic E-state index is 0.177. The Morgan fingerprint density at radius 1 is 1.10 bits per heavy atom. The van der Waals surface area contributed by atoms with Crippen LogP contribution in [0, 0.1) is 5.92 Å². The molecule has 1 amide bonds. The van der Waals surface area contributed by atoms with E-state index < -0.39 is 11.7 Å². The van der Waals surface area contributed by atoms with E-state index in [-0.39, 0.29) is 12.0 Å². The molecule has 3 atom stereocenters. The average Bonchev–Trinajstić information content (AvgIpc) is 3.21. The zero-order valence-corrected chi connectivity index (χ0v) is 18.7. The van der Waals surface area contributed by atoms with E-state index in [4.69, 9.17) is 9.47 Å². The molecule has 2 aromatic carbocycles. The van der Waals surface area contributed by atoms with Crippen LogP contribution < -0.4 is 10.1 Å². The summed E-state index contributed by atoms with van der Waals surface area (Å²) >= 11 is 0. The number of nitrogens with one attached hydrogen (secondary N) is 1. The van der Waals surface area contributed by atoms with Crippen molar-refractivity contribution in [3.63, 3.8) is 0 Å². The third-order valence-electron chi connectivity index (χ3n) is 5.70. The molecule has 5 nitrogen and oxygen atoms in total. The highest BCUT2D eigenvalue weighted by Crippen LogP contribution is 2.37. The molecule has 1 unspecified atom stereocenters. The van der Waals surface area contributed by atoms with E-state index in [9.17, 15) is 4.79 Å². The molecule has 0 aromatic heterocycles. The first-order chi connectivity index (χ1) is 14.3. The highest BCUT2D eigenvalue weighted by Gasteiger charge is 2.35. The van der Waals surface area contributed by atoms with Crippen LogP contribution in [0.25, 0.3) is 0 Å². The van der Waals surface area contributed by atoms with Crippen LogP contribution in [-0.4, -0.2) is 36.8 Å². The number of hydrogen-bond donors (Lipinski definition) is 1. The second-order valence-corrected chi connectivity index (χ2v) is 9.00. The van der Waals surface area contributed by atoms with Crippen molar-refractivity contribution in [3.05, 3.63) is 65.7 Å². The van der Waals surface area contributed by atoms with E-state index in [0.29, 0.717) is 6.04 Å². The minimum atomic E-state index is -0.543. The summed E-state index contributed by atoms with van der Waals surface area (Å²) in [7, 11) is 1.67. The molecule has 1 aliphatic rings. The molecule has 3 rings (SSSR count). The molecule has 2 aromatic rings. The summed E-state index contributed by atoms with van der Waals surface area (Å²) in [4.78, 5) is 15.1. The van der Waals surface area contributed by atoms with Gasteiger partial charge in [0.25, 0.3) is 0 Å². The van der Waals surface area contributed by atoms with Gasteiger partial charge in [0, 0.05) is 18.2 Å². The van der Waals surface area contributed by atoms with Crippen LogP contribution in [0.3, 0.4) is 0 Å². The van der Waals surface area contributed by atoms with Gasteiger partial charge in [-0.2, -0.15) is 0 Å². The maximum atomic E-state index is 12.6. The molecule has 30 heavy (non-hydrogen) atoms. The number of amides is 1. The lowest BCUT2D eigenvalue weighted by atomic mass is 9.91. The summed E-state index contributed by atoms with van der Waals surface area (Å²) in [6.07, 6.45) is 0.600. The summed E-state index contributed by atoms with van der Waals surface area (Å²) in [5, 5.41) is 3.14. The summed E-state index contributed by atoms with van der Waals surface area (Å²) in [5.74, 6) is 1.05. The van der Waals surface area contributed by atoms with Crippen molar-refractivity contribution in [2.45, 2.75) is 51.8 Å². The summed E-state index contributed by atoms with van der Waals surface area (Å²) in [6.45, 7) is 9.77. The molecule has 0 saturated carbocycles. The zero-order valence-electron chi connectivity index (χ0n) is 18.7. The first-order valence-electron chi connectivity index (χ1n) is 10.7. The maximum Gasteiger partial charge on any atom is 0.408 e. The van der Waals surface area contributed by atoms with Crippen molar-refractivity contribution < 1.29 is 14.3 Å². The molecule has 0 bridgehead atoms. The van der Waals surface area contributed by atoms with E-state index in [1.165, 1.54) is 5.56 Å². The lowest BCUT2D eigenvalue weighted by Crippen LogP contribution is -2.39. The van der Waals surface area contributed by atoms with Crippen molar-refractivity contribution >= 4 is 6.09 Å². The topological polar surface area (TPSA) is 50.8 Å². The lowest BCUT2D eigenvalue weighted by Gasteiger charge is -2.30. The number of para-hydroxylation sites is 1. The Bertz CT molecular complexity index is 832. The van der Waals surface area contributed by atoms with Crippen molar-refractivity contribution in [2.24, 2.45) is 5.92 Å². The van der Waals surface area contributed by atoms with Crippen LogP contribution in [0.1, 0.15) is 57.3 Å². The second-order valence-electron chi connectivity index (χ2n) is 9.00. The van der Waals surface area contributed by atoms with Gasteiger partial charge in [0.2, 0.25) is 0 Å². The Morgan fingerprint density at radius 3 is 2.43 bits per heavy atom. The molecule has 1 saturated heterocycles. The number of nitrogens with zero attached hydrogens (tertiary/aromatic N) is 1. The smallest absolute Gasteiger partial charge is 0.408 e. The predicted molar refractivity (Wildman–Crippen MR) is 120 cm³/mol. The van der Waals surface area contributed by atoms with E-state index in [1.807, 2.05) is 51.1 Å². The Balaban J connectivity index is 1.81. The number of carbonyl (C=O) groups excluding carboxylic acids is 1. The van der Waals surface area contributed by atoms with Gasteiger partial charge in [0.1, 0.15) is 11.4 Å². The molecule has 1 heterocycles. The summed E-state index contributed by atoms with van der Waals surface area (Å²) in [5.41, 5.74) is 1.76.